The molecule has 1 fully saturated rings. The average Bonchev–Trinajstić information content (AvgIpc) is 3.07. The molecule has 2 aromatic rings. The van der Waals surface area contributed by atoms with Crippen molar-refractivity contribution in [2.45, 2.75) is 23.9 Å². The van der Waals surface area contributed by atoms with Crippen LogP contribution in [0.1, 0.15) is 24.4 Å². The number of nitrogens with two attached hydrogens (primary N) is 1. The summed E-state index contributed by atoms with van der Waals surface area (Å²) in [6, 6.07) is 3.52. The van der Waals surface area contributed by atoms with Crippen LogP contribution in [0, 0.1) is 0 Å². The quantitative estimate of drug-likeness (QED) is 0.910. The average molecular weight is 307 g/mol. The van der Waals surface area contributed by atoms with Crippen molar-refractivity contribution in [1.29, 1.82) is 0 Å². The van der Waals surface area contributed by atoms with E-state index in [-0.39, 0.29) is 16.9 Å². The molecule has 7 nitrogen and oxygen atoms in total. The summed E-state index contributed by atoms with van der Waals surface area (Å²) in [6.07, 6.45) is 6.40. The molecule has 0 aromatic carbocycles. The fourth-order valence-electron chi connectivity index (χ4n) is 2.80. The maximum atomic E-state index is 12.9. The third-order valence-corrected chi connectivity index (χ3v) is 5.78. The second-order valence-electron chi connectivity index (χ2n) is 5.11. The summed E-state index contributed by atoms with van der Waals surface area (Å²) in [5.41, 5.74) is 6.63. The highest BCUT2D eigenvalue weighted by atomic mass is 32.2. The van der Waals surface area contributed by atoms with Gasteiger partial charge in [0.2, 0.25) is 0 Å². The van der Waals surface area contributed by atoms with Gasteiger partial charge in [0.25, 0.3) is 10.0 Å². The summed E-state index contributed by atoms with van der Waals surface area (Å²) in [4.78, 5) is 7.95. The number of aryl methyl sites for hydroxylation is 1. The summed E-state index contributed by atoms with van der Waals surface area (Å²) in [6.45, 7) is 0.479. The van der Waals surface area contributed by atoms with Crippen molar-refractivity contribution < 1.29 is 8.42 Å². The molecule has 1 aliphatic rings. The van der Waals surface area contributed by atoms with E-state index in [1.165, 1.54) is 15.2 Å². The van der Waals surface area contributed by atoms with Crippen LogP contribution in [0.4, 0.5) is 5.82 Å². The van der Waals surface area contributed by atoms with E-state index in [0.717, 1.165) is 18.4 Å². The minimum absolute atomic E-state index is 0.0364. The predicted molar refractivity (Wildman–Crippen MR) is 77.7 cm³/mol. The van der Waals surface area contributed by atoms with Crippen LogP contribution in [0.15, 0.2) is 35.9 Å². The third kappa shape index (κ3) is 2.30. The molecule has 1 saturated heterocycles. The van der Waals surface area contributed by atoms with E-state index in [0.29, 0.717) is 6.54 Å². The fraction of sp³-hybridized carbons (Fsp3) is 0.385. The van der Waals surface area contributed by atoms with Gasteiger partial charge in [-0.05, 0) is 24.5 Å². The first kappa shape index (κ1) is 14.0. The van der Waals surface area contributed by atoms with Gasteiger partial charge in [0, 0.05) is 26.0 Å². The molecule has 8 heteroatoms. The largest absolute Gasteiger partial charge is 0.381 e. The first-order valence-electron chi connectivity index (χ1n) is 6.70. The number of nitrogen functional groups attached to an aromatic ring is 1. The molecular weight excluding hydrogens is 290 g/mol. The van der Waals surface area contributed by atoms with Crippen LogP contribution in [-0.4, -0.2) is 33.8 Å². The number of pyridine rings is 1. The van der Waals surface area contributed by atoms with Crippen molar-refractivity contribution in [3.63, 3.8) is 0 Å². The van der Waals surface area contributed by atoms with Crippen LogP contribution in [0.2, 0.25) is 0 Å². The lowest BCUT2D eigenvalue weighted by atomic mass is 10.1. The lowest BCUT2D eigenvalue weighted by Gasteiger charge is -2.24. The van der Waals surface area contributed by atoms with Crippen molar-refractivity contribution in [1.82, 2.24) is 18.8 Å². The predicted octanol–water partition coefficient (Wildman–Crippen LogP) is 0.923. The van der Waals surface area contributed by atoms with E-state index in [1.807, 2.05) is 12.1 Å². The lowest BCUT2D eigenvalue weighted by Crippen LogP contribution is -2.32. The molecule has 112 valence electrons. The minimum atomic E-state index is -3.67. The molecule has 3 rings (SSSR count). The monoisotopic (exact) mass is 307 g/mol. The highest BCUT2D eigenvalue weighted by Gasteiger charge is 2.38. The van der Waals surface area contributed by atoms with E-state index < -0.39 is 10.0 Å². The minimum Gasteiger partial charge on any atom is -0.381 e. The number of imidazole rings is 1. The summed E-state index contributed by atoms with van der Waals surface area (Å²) in [7, 11) is -2.04. The molecule has 1 aliphatic heterocycles. The number of anilines is 1. The van der Waals surface area contributed by atoms with Crippen molar-refractivity contribution in [3.05, 3.63) is 36.4 Å². The number of hydrogen-bond donors (Lipinski definition) is 1. The van der Waals surface area contributed by atoms with Crippen molar-refractivity contribution >= 4 is 15.8 Å². The van der Waals surface area contributed by atoms with Crippen LogP contribution >= 0.6 is 0 Å². The summed E-state index contributed by atoms with van der Waals surface area (Å²) in [5, 5.41) is 0.0540. The molecule has 3 heterocycles. The Morgan fingerprint density at radius 1 is 1.43 bits per heavy atom. The molecular formula is C13H17N5O2S. The van der Waals surface area contributed by atoms with Crippen LogP contribution in [-0.2, 0) is 17.1 Å². The Hall–Kier alpha value is -1.93. The van der Waals surface area contributed by atoms with Crippen molar-refractivity contribution in [2.24, 2.45) is 7.05 Å². The van der Waals surface area contributed by atoms with E-state index in [1.54, 1.807) is 19.4 Å². The molecule has 0 bridgehead atoms. The molecule has 0 saturated carbocycles. The van der Waals surface area contributed by atoms with Gasteiger partial charge < -0.3 is 10.3 Å². The van der Waals surface area contributed by atoms with Gasteiger partial charge in [-0.1, -0.05) is 6.07 Å². The smallest absolute Gasteiger partial charge is 0.263 e. The van der Waals surface area contributed by atoms with Crippen LogP contribution in [0.3, 0.4) is 0 Å². The Balaban J connectivity index is 2.03. The molecule has 0 aliphatic carbocycles. The van der Waals surface area contributed by atoms with Gasteiger partial charge >= 0.3 is 0 Å². The third-order valence-electron chi connectivity index (χ3n) is 3.74. The molecule has 0 radical (unpaired) electrons. The topological polar surface area (TPSA) is 94.1 Å². The molecule has 2 aromatic heterocycles. The molecule has 1 unspecified atom stereocenters. The van der Waals surface area contributed by atoms with E-state index in [9.17, 15) is 8.42 Å². The number of hydrogen-bond acceptors (Lipinski definition) is 5. The first-order chi connectivity index (χ1) is 10.0. The highest BCUT2D eigenvalue weighted by molar-refractivity contribution is 7.89. The zero-order valence-corrected chi connectivity index (χ0v) is 12.5. The van der Waals surface area contributed by atoms with Gasteiger partial charge in [0.05, 0.1) is 12.4 Å². The molecule has 1 atom stereocenters. The zero-order chi connectivity index (χ0) is 15.0. The second-order valence-corrected chi connectivity index (χ2v) is 6.91. The van der Waals surface area contributed by atoms with Gasteiger partial charge in [0.15, 0.2) is 10.8 Å². The number of rotatable bonds is 3. The van der Waals surface area contributed by atoms with Crippen molar-refractivity contribution in [2.75, 3.05) is 12.3 Å². The van der Waals surface area contributed by atoms with E-state index >= 15 is 0 Å². The van der Waals surface area contributed by atoms with Crippen LogP contribution < -0.4 is 5.73 Å². The van der Waals surface area contributed by atoms with Crippen LogP contribution in [0.25, 0.3) is 0 Å². The maximum absolute atomic E-state index is 12.9. The Morgan fingerprint density at radius 2 is 2.24 bits per heavy atom. The number of aromatic nitrogens is 3. The summed E-state index contributed by atoms with van der Waals surface area (Å²) < 4.78 is 28.7. The van der Waals surface area contributed by atoms with Gasteiger partial charge in [-0.25, -0.2) is 13.4 Å². The van der Waals surface area contributed by atoms with E-state index in [2.05, 4.69) is 9.97 Å². The molecule has 21 heavy (non-hydrogen) atoms. The summed E-state index contributed by atoms with van der Waals surface area (Å²) >= 11 is 0. The van der Waals surface area contributed by atoms with Gasteiger partial charge in [-0.15, -0.1) is 0 Å². The maximum Gasteiger partial charge on any atom is 0.263 e. The lowest BCUT2D eigenvalue weighted by molar-refractivity contribution is 0.392. The molecule has 0 spiro atoms. The zero-order valence-electron chi connectivity index (χ0n) is 11.7. The van der Waals surface area contributed by atoms with Gasteiger partial charge in [0.1, 0.15) is 0 Å². The Labute approximate surface area is 123 Å². The first-order valence-corrected chi connectivity index (χ1v) is 8.14. The number of nitrogens with zero attached hydrogens (tertiary/aromatic N) is 4. The SMILES string of the molecule is Cn1cnc(N)c1S(=O)(=O)N1CCCC1c1cccnc1. The normalized spacial score (nSPS) is 20.0. The van der Waals surface area contributed by atoms with Crippen LogP contribution in [0.5, 0.6) is 0 Å². The standard InChI is InChI=1S/C13H17N5O2S/c1-17-9-16-12(14)13(17)21(19,20)18-7-3-5-11(18)10-4-2-6-15-8-10/h2,4,6,8-9,11H,3,5,7,14H2,1H3. The Kier molecular flexibility index (Phi) is 3.42. The Bertz CT molecular complexity index is 722. The molecule has 0 amide bonds. The van der Waals surface area contributed by atoms with Gasteiger partial charge in [-0.2, -0.15) is 4.31 Å². The second kappa shape index (κ2) is 5.12. The fourth-order valence-corrected chi connectivity index (χ4v) is 4.68. The van der Waals surface area contributed by atoms with E-state index in [4.69, 9.17) is 5.73 Å². The Morgan fingerprint density at radius 3 is 2.86 bits per heavy atom. The number of sulfonamides is 1. The van der Waals surface area contributed by atoms with Gasteiger partial charge in [-0.3, -0.25) is 4.98 Å². The summed E-state index contributed by atoms with van der Waals surface area (Å²) in [5.74, 6) is 0.0364. The molecule has 2 N–H and O–H groups in total. The van der Waals surface area contributed by atoms with Crippen molar-refractivity contribution in [3.8, 4) is 0 Å². The highest BCUT2D eigenvalue weighted by Crippen LogP contribution is 2.36.